The van der Waals surface area contributed by atoms with Crippen molar-refractivity contribution in [3.05, 3.63) is 35.4 Å². The summed E-state index contributed by atoms with van der Waals surface area (Å²) in [6, 6.07) is 7.80. The molecule has 0 saturated heterocycles. The monoisotopic (exact) mass is 374 g/mol. The standard InChI is InChI=1S/C20H31BN2O4/c1-27-20-10-7-19(8-11-20,9-12-20)16-5-2-4-15(14-16)18(24)23-17(21(25)26)6-3-13-22/h2,4-5,14,17,25-26H,3,6-13,22H2,1H3,(H,23,24)/t17-,19?,20?/m0/s1. The highest BCUT2D eigenvalue weighted by Gasteiger charge is 2.49. The van der Waals surface area contributed by atoms with Gasteiger partial charge in [0.2, 0.25) is 0 Å². The van der Waals surface area contributed by atoms with E-state index < -0.39 is 13.1 Å². The first-order valence-corrected chi connectivity index (χ1v) is 9.96. The van der Waals surface area contributed by atoms with Crippen molar-refractivity contribution in [3.8, 4) is 0 Å². The molecule has 1 amide bonds. The molecular weight excluding hydrogens is 343 g/mol. The van der Waals surface area contributed by atoms with Gasteiger partial charge >= 0.3 is 7.12 Å². The number of amides is 1. The molecule has 1 aromatic carbocycles. The van der Waals surface area contributed by atoms with Gasteiger partial charge in [-0.1, -0.05) is 12.1 Å². The van der Waals surface area contributed by atoms with Crippen molar-refractivity contribution < 1.29 is 19.6 Å². The molecule has 1 aromatic rings. The van der Waals surface area contributed by atoms with Crippen molar-refractivity contribution in [1.82, 2.24) is 5.32 Å². The number of carbonyl (C=O) groups excluding carboxylic acids is 1. The van der Waals surface area contributed by atoms with Crippen LogP contribution in [0.1, 0.15) is 67.3 Å². The fourth-order valence-corrected chi connectivity index (χ4v) is 4.77. The maximum absolute atomic E-state index is 12.7. The number of methoxy groups -OCH3 is 1. The van der Waals surface area contributed by atoms with Crippen molar-refractivity contribution in [3.63, 3.8) is 0 Å². The van der Waals surface area contributed by atoms with Crippen LogP contribution < -0.4 is 11.1 Å². The van der Waals surface area contributed by atoms with Crippen molar-refractivity contribution >= 4 is 13.0 Å². The molecule has 3 aliphatic carbocycles. The van der Waals surface area contributed by atoms with E-state index in [0.717, 1.165) is 38.5 Å². The third kappa shape index (κ3) is 4.21. The van der Waals surface area contributed by atoms with Crippen LogP contribution in [-0.4, -0.2) is 48.3 Å². The topological polar surface area (TPSA) is 105 Å². The smallest absolute Gasteiger partial charge is 0.426 e. The molecule has 3 aliphatic rings. The van der Waals surface area contributed by atoms with E-state index in [1.54, 1.807) is 6.07 Å². The Hall–Kier alpha value is -1.41. The van der Waals surface area contributed by atoms with Crippen LogP contribution in [-0.2, 0) is 10.2 Å². The van der Waals surface area contributed by atoms with Gasteiger partial charge in [-0.15, -0.1) is 0 Å². The fourth-order valence-electron chi connectivity index (χ4n) is 4.77. The highest BCUT2D eigenvalue weighted by Crippen LogP contribution is 2.54. The zero-order valence-electron chi connectivity index (χ0n) is 16.1. The Labute approximate surface area is 161 Å². The quantitative estimate of drug-likeness (QED) is 0.517. The lowest BCUT2D eigenvalue weighted by Gasteiger charge is -2.53. The molecule has 0 heterocycles. The SMILES string of the molecule is COC12CCC(c3cccc(C(=O)N[C@@H](CCCN)B(O)O)c3)(CC1)CC2. The van der Waals surface area contributed by atoms with Gasteiger partial charge in [-0.2, -0.15) is 0 Å². The molecule has 5 N–H and O–H groups in total. The first-order valence-electron chi connectivity index (χ1n) is 9.96. The average Bonchev–Trinajstić information content (AvgIpc) is 2.72. The van der Waals surface area contributed by atoms with Gasteiger partial charge in [-0.05, 0) is 81.0 Å². The Kier molecular flexibility index (Phi) is 6.26. The van der Waals surface area contributed by atoms with E-state index in [2.05, 4.69) is 11.4 Å². The van der Waals surface area contributed by atoms with E-state index in [1.807, 2.05) is 19.2 Å². The molecule has 0 aromatic heterocycles. The third-order valence-electron chi connectivity index (χ3n) is 6.74. The molecular formula is C20H31BN2O4. The minimum Gasteiger partial charge on any atom is -0.426 e. The average molecular weight is 374 g/mol. The number of hydrogen-bond acceptors (Lipinski definition) is 5. The lowest BCUT2D eigenvalue weighted by Crippen LogP contribution is -2.49. The summed E-state index contributed by atoms with van der Waals surface area (Å²) >= 11 is 0. The molecule has 3 fully saturated rings. The van der Waals surface area contributed by atoms with E-state index in [-0.39, 0.29) is 16.9 Å². The van der Waals surface area contributed by atoms with E-state index in [1.165, 1.54) is 5.56 Å². The summed E-state index contributed by atoms with van der Waals surface area (Å²) in [5.74, 6) is -0.990. The van der Waals surface area contributed by atoms with Crippen molar-refractivity contribution in [2.75, 3.05) is 13.7 Å². The minimum absolute atomic E-state index is 0.0597. The largest absolute Gasteiger partial charge is 0.475 e. The van der Waals surface area contributed by atoms with Crippen molar-refractivity contribution in [1.29, 1.82) is 0 Å². The number of rotatable bonds is 8. The molecule has 7 heteroatoms. The Morgan fingerprint density at radius 1 is 1.26 bits per heavy atom. The zero-order chi connectivity index (χ0) is 19.5. The molecule has 1 atom stereocenters. The second kappa shape index (κ2) is 8.31. The number of nitrogens with one attached hydrogen (secondary N) is 1. The summed E-state index contributed by atoms with van der Waals surface area (Å²) in [6.45, 7) is 0.445. The van der Waals surface area contributed by atoms with Crippen LogP contribution in [0.4, 0.5) is 0 Å². The predicted molar refractivity (Wildman–Crippen MR) is 105 cm³/mol. The molecule has 3 saturated carbocycles. The summed E-state index contributed by atoms with van der Waals surface area (Å²) in [6.07, 6.45) is 7.50. The van der Waals surface area contributed by atoms with E-state index in [0.29, 0.717) is 24.9 Å². The number of benzene rings is 1. The van der Waals surface area contributed by atoms with E-state index >= 15 is 0 Å². The summed E-state index contributed by atoms with van der Waals surface area (Å²) in [5, 5.41) is 21.8. The highest BCUT2D eigenvalue weighted by molar-refractivity contribution is 6.43. The lowest BCUT2D eigenvalue weighted by atomic mass is 9.56. The third-order valence-corrected chi connectivity index (χ3v) is 6.74. The molecule has 0 spiro atoms. The normalized spacial score (nSPS) is 28.0. The van der Waals surface area contributed by atoms with E-state index in [4.69, 9.17) is 10.5 Å². The number of nitrogens with two attached hydrogens (primary N) is 1. The molecule has 0 radical (unpaired) electrons. The van der Waals surface area contributed by atoms with Crippen LogP contribution >= 0.6 is 0 Å². The summed E-state index contributed by atoms with van der Waals surface area (Å²) in [5.41, 5.74) is 7.46. The van der Waals surface area contributed by atoms with Crippen LogP contribution in [0, 0.1) is 0 Å². The summed E-state index contributed by atoms with van der Waals surface area (Å²) in [7, 11) is 0.223. The van der Waals surface area contributed by atoms with Gasteiger partial charge in [-0.25, -0.2) is 0 Å². The van der Waals surface area contributed by atoms with Gasteiger partial charge in [-0.3, -0.25) is 4.79 Å². The van der Waals surface area contributed by atoms with Crippen LogP contribution in [0.5, 0.6) is 0 Å². The Morgan fingerprint density at radius 2 is 1.93 bits per heavy atom. The Morgan fingerprint density at radius 3 is 2.48 bits per heavy atom. The van der Waals surface area contributed by atoms with Crippen molar-refractivity contribution in [2.24, 2.45) is 5.73 Å². The van der Waals surface area contributed by atoms with Gasteiger partial charge in [0.05, 0.1) is 11.5 Å². The van der Waals surface area contributed by atoms with Gasteiger partial charge in [0.1, 0.15) is 0 Å². The van der Waals surface area contributed by atoms with Crippen LogP contribution in [0.2, 0.25) is 0 Å². The lowest BCUT2D eigenvalue weighted by molar-refractivity contribution is -0.0955. The van der Waals surface area contributed by atoms with Crippen LogP contribution in [0.15, 0.2) is 24.3 Å². The van der Waals surface area contributed by atoms with Crippen LogP contribution in [0.3, 0.4) is 0 Å². The Balaban J connectivity index is 1.73. The maximum atomic E-state index is 12.7. The second-order valence-corrected chi connectivity index (χ2v) is 8.17. The molecule has 27 heavy (non-hydrogen) atoms. The van der Waals surface area contributed by atoms with E-state index in [9.17, 15) is 14.8 Å². The van der Waals surface area contributed by atoms with Gasteiger partial charge < -0.3 is 25.8 Å². The molecule has 0 aliphatic heterocycles. The first kappa shape index (κ1) is 20.3. The van der Waals surface area contributed by atoms with Crippen molar-refractivity contribution in [2.45, 2.75) is 68.3 Å². The number of carbonyl (C=O) groups is 1. The molecule has 148 valence electrons. The number of hydrogen-bond donors (Lipinski definition) is 4. The molecule has 4 rings (SSSR count). The van der Waals surface area contributed by atoms with Gasteiger partial charge in [0, 0.05) is 12.7 Å². The molecule has 6 nitrogen and oxygen atoms in total. The number of ether oxygens (including phenoxy) is 1. The van der Waals surface area contributed by atoms with Gasteiger partial charge in [0.15, 0.2) is 0 Å². The maximum Gasteiger partial charge on any atom is 0.475 e. The number of fused-ring (bicyclic) bond motifs is 3. The summed E-state index contributed by atoms with van der Waals surface area (Å²) < 4.78 is 5.79. The Bertz CT molecular complexity index is 643. The highest BCUT2D eigenvalue weighted by atomic mass is 16.5. The van der Waals surface area contributed by atoms with Gasteiger partial charge in [0.25, 0.3) is 5.91 Å². The molecule has 2 bridgehead atoms. The fraction of sp³-hybridized carbons (Fsp3) is 0.650. The first-order chi connectivity index (χ1) is 12.9. The zero-order valence-corrected chi connectivity index (χ0v) is 16.1. The second-order valence-electron chi connectivity index (χ2n) is 8.17. The van der Waals surface area contributed by atoms with Crippen LogP contribution in [0.25, 0.3) is 0 Å². The predicted octanol–water partition coefficient (Wildman–Crippen LogP) is 1.53. The summed E-state index contributed by atoms with van der Waals surface area (Å²) in [4.78, 5) is 12.7. The molecule has 0 unspecified atom stereocenters. The minimum atomic E-state index is -1.60.